The molecule has 0 unspecified atom stereocenters. The Morgan fingerprint density at radius 2 is 2.11 bits per heavy atom. The fourth-order valence-corrected chi connectivity index (χ4v) is 2.85. The number of aliphatic hydroxyl groups excluding tert-OH is 1. The summed E-state index contributed by atoms with van der Waals surface area (Å²) in [5.41, 5.74) is 1.56. The van der Waals surface area contributed by atoms with E-state index in [0.717, 1.165) is 22.1 Å². The first kappa shape index (κ1) is 14.0. The van der Waals surface area contributed by atoms with Gasteiger partial charge in [-0.1, -0.05) is 36.5 Å². The highest BCUT2D eigenvalue weighted by molar-refractivity contribution is 7.15. The van der Waals surface area contributed by atoms with Crippen LogP contribution in [0.1, 0.15) is 23.1 Å². The second kappa shape index (κ2) is 6.12. The van der Waals surface area contributed by atoms with Crippen molar-refractivity contribution >= 4 is 16.5 Å². The first-order valence-corrected chi connectivity index (χ1v) is 7.01. The average molecular weight is 280 g/mol. The molecule has 2 aromatic rings. The number of halogens is 1. The molecule has 5 heteroatoms. The van der Waals surface area contributed by atoms with Crippen molar-refractivity contribution in [1.82, 2.24) is 4.98 Å². The number of aryl methyl sites for hydroxylation is 1. The molecule has 1 aromatic carbocycles. The summed E-state index contributed by atoms with van der Waals surface area (Å²) in [6.07, 6.45) is 0.792. The molecule has 0 fully saturated rings. The van der Waals surface area contributed by atoms with Crippen molar-refractivity contribution in [3.63, 3.8) is 0 Å². The number of benzene rings is 1. The van der Waals surface area contributed by atoms with Crippen LogP contribution in [0.3, 0.4) is 0 Å². The summed E-state index contributed by atoms with van der Waals surface area (Å²) in [4.78, 5) is 7.28. The zero-order chi connectivity index (χ0) is 13.8. The summed E-state index contributed by atoms with van der Waals surface area (Å²) < 4.78 is 13.6. The molecule has 102 valence electrons. The van der Waals surface area contributed by atoms with Gasteiger partial charge in [0.15, 0.2) is 5.13 Å². The van der Waals surface area contributed by atoms with Gasteiger partial charge in [0.05, 0.1) is 17.2 Å². The third-order valence-corrected chi connectivity index (χ3v) is 4.13. The molecule has 0 aliphatic carbocycles. The second-order valence-electron chi connectivity index (χ2n) is 4.33. The molecule has 0 radical (unpaired) electrons. The van der Waals surface area contributed by atoms with Crippen LogP contribution in [-0.4, -0.2) is 17.1 Å². The van der Waals surface area contributed by atoms with Gasteiger partial charge in [-0.15, -0.1) is 0 Å². The quantitative estimate of drug-likeness (QED) is 0.914. The predicted molar refractivity (Wildman–Crippen MR) is 75.9 cm³/mol. The minimum absolute atomic E-state index is 0.00831. The highest BCUT2D eigenvalue weighted by Gasteiger charge is 2.13. The monoisotopic (exact) mass is 280 g/mol. The standard InChI is InChI=1S/C14H17FN2OS/c1-3-12-13(9-18)19-14(16-12)17(2)8-10-6-4-5-7-11(10)15/h4-7,18H,3,8-9H2,1-2H3. The van der Waals surface area contributed by atoms with E-state index in [4.69, 9.17) is 0 Å². The van der Waals surface area contributed by atoms with Gasteiger partial charge in [-0.2, -0.15) is 0 Å². The Morgan fingerprint density at radius 3 is 2.68 bits per heavy atom. The van der Waals surface area contributed by atoms with Crippen LogP contribution < -0.4 is 4.90 Å². The summed E-state index contributed by atoms with van der Waals surface area (Å²) >= 11 is 1.46. The minimum atomic E-state index is -0.205. The lowest BCUT2D eigenvalue weighted by Gasteiger charge is -2.16. The summed E-state index contributed by atoms with van der Waals surface area (Å²) in [5.74, 6) is -0.205. The number of hydrogen-bond donors (Lipinski definition) is 1. The van der Waals surface area contributed by atoms with Crippen LogP contribution in [0.15, 0.2) is 24.3 Å². The molecule has 19 heavy (non-hydrogen) atoms. The SMILES string of the molecule is CCc1nc(N(C)Cc2ccccc2F)sc1CO. The van der Waals surface area contributed by atoms with E-state index in [-0.39, 0.29) is 12.4 Å². The Balaban J connectivity index is 2.18. The fourth-order valence-electron chi connectivity index (χ4n) is 1.88. The van der Waals surface area contributed by atoms with Gasteiger partial charge in [0.2, 0.25) is 0 Å². The highest BCUT2D eigenvalue weighted by atomic mass is 32.1. The first-order valence-electron chi connectivity index (χ1n) is 6.19. The average Bonchev–Trinajstić information content (AvgIpc) is 2.84. The molecule has 1 N–H and O–H groups in total. The van der Waals surface area contributed by atoms with Crippen molar-refractivity contribution in [3.05, 3.63) is 46.2 Å². The van der Waals surface area contributed by atoms with Gasteiger partial charge in [0, 0.05) is 19.2 Å². The highest BCUT2D eigenvalue weighted by Crippen LogP contribution is 2.27. The summed E-state index contributed by atoms with van der Waals surface area (Å²) in [7, 11) is 1.88. The van der Waals surface area contributed by atoms with E-state index in [1.807, 2.05) is 24.9 Å². The molecule has 0 bridgehead atoms. The van der Waals surface area contributed by atoms with Crippen LogP contribution >= 0.6 is 11.3 Å². The smallest absolute Gasteiger partial charge is 0.185 e. The molecule has 0 aliphatic heterocycles. The Bertz CT molecular complexity index is 535. The van der Waals surface area contributed by atoms with E-state index in [0.29, 0.717) is 12.1 Å². The molecular formula is C14H17FN2OS. The lowest BCUT2D eigenvalue weighted by Crippen LogP contribution is -2.17. The molecule has 0 aliphatic rings. The van der Waals surface area contributed by atoms with Crippen LogP contribution in [0, 0.1) is 5.82 Å². The maximum atomic E-state index is 13.6. The maximum absolute atomic E-state index is 13.6. The van der Waals surface area contributed by atoms with Crippen molar-refractivity contribution in [2.24, 2.45) is 0 Å². The fraction of sp³-hybridized carbons (Fsp3) is 0.357. The second-order valence-corrected chi connectivity index (χ2v) is 5.39. The third kappa shape index (κ3) is 3.11. The third-order valence-electron chi connectivity index (χ3n) is 2.94. The van der Waals surface area contributed by atoms with Gasteiger partial charge in [-0.3, -0.25) is 0 Å². The number of nitrogens with zero attached hydrogens (tertiary/aromatic N) is 2. The van der Waals surface area contributed by atoms with Gasteiger partial charge in [-0.25, -0.2) is 9.37 Å². The largest absolute Gasteiger partial charge is 0.391 e. The molecule has 0 saturated heterocycles. The van der Waals surface area contributed by atoms with Crippen LogP contribution in [0.25, 0.3) is 0 Å². The van der Waals surface area contributed by atoms with Crippen molar-refractivity contribution in [2.75, 3.05) is 11.9 Å². The number of anilines is 1. The zero-order valence-corrected chi connectivity index (χ0v) is 11.9. The topological polar surface area (TPSA) is 36.4 Å². The Kier molecular flexibility index (Phi) is 4.50. The van der Waals surface area contributed by atoms with E-state index >= 15 is 0 Å². The Hall–Kier alpha value is -1.46. The number of rotatable bonds is 5. The van der Waals surface area contributed by atoms with E-state index in [1.54, 1.807) is 12.1 Å². The van der Waals surface area contributed by atoms with E-state index in [1.165, 1.54) is 17.4 Å². The lowest BCUT2D eigenvalue weighted by molar-refractivity contribution is 0.284. The zero-order valence-electron chi connectivity index (χ0n) is 11.1. The van der Waals surface area contributed by atoms with Gasteiger partial charge < -0.3 is 10.0 Å². The van der Waals surface area contributed by atoms with Gasteiger partial charge in [-0.05, 0) is 12.5 Å². The molecule has 0 saturated carbocycles. The molecule has 0 atom stereocenters. The Labute approximate surface area is 116 Å². The van der Waals surface area contributed by atoms with E-state index < -0.39 is 0 Å². The summed E-state index contributed by atoms with van der Waals surface area (Å²) in [6, 6.07) is 6.74. The van der Waals surface area contributed by atoms with Crippen molar-refractivity contribution in [2.45, 2.75) is 26.5 Å². The van der Waals surface area contributed by atoms with Gasteiger partial charge >= 0.3 is 0 Å². The molecule has 3 nitrogen and oxygen atoms in total. The summed E-state index contributed by atoms with van der Waals surface area (Å²) in [5, 5.41) is 10.1. The molecule has 2 rings (SSSR count). The van der Waals surface area contributed by atoms with E-state index in [9.17, 15) is 9.50 Å². The lowest BCUT2D eigenvalue weighted by atomic mass is 10.2. The molecule has 0 spiro atoms. The number of thiazole rings is 1. The summed E-state index contributed by atoms with van der Waals surface area (Å²) in [6.45, 7) is 2.48. The normalized spacial score (nSPS) is 10.7. The van der Waals surface area contributed by atoms with Crippen LogP contribution in [0.2, 0.25) is 0 Å². The van der Waals surface area contributed by atoms with Crippen molar-refractivity contribution < 1.29 is 9.50 Å². The molecule has 1 heterocycles. The maximum Gasteiger partial charge on any atom is 0.185 e. The number of hydrogen-bond acceptors (Lipinski definition) is 4. The Morgan fingerprint density at radius 1 is 1.37 bits per heavy atom. The molecular weight excluding hydrogens is 263 g/mol. The minimum Gasteiger partial charge on any atom is -0.391 e. The van der Waals surface area contributed by atoms with Gasteiger partial charge in [0.25, 0.3) is 0 Å². The van der Waals surface area contributed by atoms with Crippen LogP contribution in [0.4, 0.5) is 9.52 Å². The predicted octanol–water partition coefficient (Wildman–Crippen LogP) is 2.97. The number of aromatic nitrogens is 1. The van der Waals surface area contributed by atoms with E-state index in [2.05, 4.69) is 4.98 Å². The van der Waals surface area contributed by atoms with Crippen molar-refractivity contribution in [1.29, 1.82) is 0 Å². The number of aliphatic hydroxyl groups is 1. The van der Waals surface area contributed by atoms with Gasteiger partial charge in [0.1, 0.15) is 5.82 Å². The molecule has 0 amide bonds. The molecule has 1 aromatic heterocycles. The van der Waals surface area contributed by atoms with Crippen molar-refractivity contribution in [3.8, 4) is 0 Å². The van der Waals surface area contributed by atoms with Crippen LogP contribution in [-0.2, 0) is 19.6 Å². The van der Waals surface area contributed by atoms with Crippen LogP contribution in [0.5, 0.6) is 0 Å². The first-order chi connectivity index (χ1) is 9.15.